The van der Waals surface area contributed by atoms with Crippen LogP contribution in [0.5, 0.6) is 5.75 Å². The van der Waals surface area contributed by atoms with Crippen molar-refractivity contribution in [1.29, 1.82) is 0 Å². The third-order valence-corrected chi connectivity index (χ3v) is 9.10. The number of carbonyl (C=O) groups is 1. The van der Waals surface area contributed by atoms with Crippen LogP contribution in [-0.4, -0.2) is 20.4 Å². The largest absolute Gasteiger partial charge is 0.544 e. The van der Waals surface area contributed by atoms with Gasteiger partial charge in [0.15, 0.2) is 0 Å². The minimum Gasteiger partial charge on any atom is -0.544 e. The van der Waals surface area contributed by atoms with Gasteiger partial charge in [0.05, 0.1) is 0 Å². The quantitative estimate of drug-likeness (QED) is 0.594. The lowest BCUT2D eigenvalue weighted by Crippen LogP contribution is -2.43. The lowest BCUT2D eigenvalue weighted by Gasteiger charge is -2.36. The summed E-state index contributed by atoms with van der Waals surface area (Å²) in [5.74, 6) is 0.676. The van der Waals surface area contributed by atoms with Crippen molar-refractivity contribution < 1.29 is 14.0 Å². The Morgan fingerprint density at radius 3 is 2.09 bits per heavy atom. The zero-order valence-corrected chi connectivity index (χ0v) is 15.6. The Hall–Kier alpha value is -1.55. The first-order valence-corrected chi connectivity index (χ1v) is 10.6. The fourth-order valence-corrected chi connectivity index (χ4v) is 3.36. The Kier molecular flexibility index (Phi) is 4.26. The van der Waals surface area contributed by atoms with Gasteiger partial charge in [-0.1, -0.05) is 32.9 Å². The SMILES string of the molecule is CC1=C(c2ccc(O[Si](C)(C)C(C)(C)C)cc2)C(C)OC1=O. The Bertz CT molecular complexity index is 606. The number of cyclic esters (lactones) is 1. The summed E-state index contributed by atoms with van der Waals surface area (Å²) in [5.41, 5.74) is 2.70. The summed E-state index contributed by atoms with van der Waals surface area (Å²) in [5, 5.41) is 0.172. The van der Waals surface area contributed by atoms with Gasteiger partial charge in [-0.3, -0.25) is 0 Å². The molecule has 0 aromatic heterocycles. The standard InChI is InChI=1S/C18H26O3Si/c1-12-16(13(2)20-17(12)19)14-8-10-15(11-9-14)21-22(6,7)18(3,4)5/h8-11,13H,1-7H3. The second-order valence-corrected chi connectivity index (χ2v) is 12.2. The molecule has 0 bridgehead atoms. The summed E-state index contributed by atoms with van der Waals surface area (Å²) >= 11 is 0. The van der Waals surface area contributed by atoms with Gasteiger partial charge in [0.2, 0.25) is 8.32 Å². The smallest absolute Gasteiger partial charge is 0.334 e. The Morgan fingerprint density at radius 2 is 1.68 bits per heavy atom. The van der Waals surface area contributed by atoms with Gasteiger partial charge < -0.3 is 9.16 Å². The first-order valence-electron chi connectivity index (χ1n) is 7.74. The normalized spacial score (nSPS) is 19.4. The molecule has 22 heavy (non-hydrogen) atoms. The van der Waals surface area contributed by atoms with E-state index in [0.717, 1.165) is 16.9 Å². The second kappa shape index (κ2) is 5.58. The van der Waals surface area contributed by atoms with Gasteiger partial charge in [0, 0.05) is 11.1 Å². The lowest BCUT2D eigenvalue weighted by molar-refractivity contribution is -0.138. The number of benzene rings is 1. The molecule has 1 aliphatic rings. The third kappa shape index (κ3) is 3.12. The maximum atomic E-state index is 11.6. The minimum atomic E-state index is -1.82. The van der Waals surface area contributed by atoms with E-state index in [9.17, 15) is 4.79 Å². The van der Waals surface area contributed by atoms with E-state index in [1.807, 2.05) is 38.1 Å². The highest BCUT2D eigenvalue weighted by Gasteiger charge is 2.39. The predicted octanol–water partition coefficient (Wildman–Crippen LogP) is 4.79. The van der Waals surface area contributed by atoms with Crippen LogP contribution in [-0.2, 0) is 9.53 Å². The molecule has 1 atom stereocenters. The van der Waals surface area contributed by atoms with E-state index in [4.69, 9.17) is 9.16 Å². The first-order chi connectivity index (χ1) is 10.0. The van der Waals surface area contributed by atoms with Crippen LogP contribution in [0.25, 0.3) is 5.57 Å². The summed E-state index contributed by atoms with van der Waals surface area (Å²) in [7, 11) is -1.82. The van der Waals surface area contributed by atoms with E-state index < -0.39 is 8.32 Å². The van der Waals surface area contributed by atoms with E-state index in [-0.39, 0.29) is 17.1 Å². The molecule has 0 spiro atoms. The molecule has 0 N–H and O–H groups in total. The van der Waals surface area contributed by atoms with Crippen LogP contribution in [0.3, 0.4) is 0 Å². The molecule has 120 valence electrons. The summed E-state index contributed by atoms with van der Waals surface area (Å²) in [4.78, 5) is 11.6. The third-order valence-electron chi connectivity index (χ3n) is 4.75. The van der Waals surface area contributed by atoms with Crippen LogP contribution in [0, 0.1) is 0 Å². The highest BCUT2D eigenvalue weighted by Crippen LogP contribution is 2.38. The maximum Gasteiger partial charge on any atom is 0.334 e. The van der Waals surface area contributed by atoms with Gasteiger partial charge in [0.25, 0.3) is 0 Å². The fraction of sp³-hybridized carbons (Fsp3) is 0.500. The van der Waals surface area contributed by atoms with Crippen LogP contribution < -0.4 is 4.43 Å². The van der Waals surface area contributed by atoms with E-state index >= 15 is 0 Å². The van der Waals surface area contributed by atoms with E-state index in [1.165, 1.54) is 0 Å². The van der Waals surface area contributed by atoms with Crippen molar-refractivity contribution in [3.8, 4) is 5.75 Å². The number of ether oxygens (including phenoxy) is 1. The van der Waals surface area contributed by atoms with Gasteiger partial charge in [-0.15, -0.1) is 0 Å². The topological polar surface area (TPSA) is 35.5 Å². The Balaban J connectivity index is 2.24. The highest BCUT2D eigenvalue weighted by atomic mass is 28.4. The van der Waals surface area contributed by atoms with Gasteiger partial charge >= 0.3 is 5.97 Å². The highest BCUT2D eigenvalue weighted by molar-refractivity contribution is 6.74. The number of carbonyl (C=O) groups excluding carboxylic acids is 1. The summed E-state index contributed by atoms with van der Waals surface area (Å²) in [6.07, 6.45) is -0.181. The monoisotopic (exact) mass is 318 g/mol. The zero-order chi connectivity index (χ0) is 16.7. The summed E-state index contributed by atoms with van der Waals surface area (Å²) in [6.45, 7) is 14.9. The Labute approximate surface area is 134 Å². The molecule has 1 aliphatic heterocycles. The van der Waals surface area contributed by atoms with Crippen LogP contribution in [0.2, 0.25) is 18.1 Å². The molecule has 0 radical (unpaired) electrons. The zero-order valence-electron chi connectivity index (χ0n) is 14.6. The van der Waals surface area contributed by atoms with Gasteiger partial charge in [-0.2, -0.15) is 0 Å². The Morgan fingerprint density at radius 1 is 1.14 bits per heavy atom. The molecule has 1 unspecified atom stereocenters. The fourth-order valence-electron chi connectivity index (χ4n) is 2.32. The van der Waals surface area contributed by atoms with Crippen molar-refractivity contribution in [2.45, 2.75) is 58.9 Å². The molecule has 0 saturated heterocycles. The van der Waals surface area contributed by atoms with Gasteiger partial charge in [0.1, 0.15) is 11.9 Å². The van der Waals surface area contributed by atoms with Crippen molar-refractivity contribution >= 4 is 19.9 Å². The average molecular weight is 318 g/mol. The molecule has 1 aromatic rings. The second-order valence-electron chi connectivity index (χ2n) is 7.47. The van der Waals surface area contributed by atoms with Crippen molar-refractivity contribution in [3.05, 3.63) is 35.4 Å². The molecule has 1 aromatic carbocycles. The van der Waals surface area contributed by atoms with Gasteiger partial charge in [-0.05, 0) is 49.7 Å². The predicted molar refractivity (Wildman–Crippen MR) is 92.4 cm³/mol. The number of hydrogen-bond donors (Lipinski definition) is 0. The van der Waals surface area contributed by atoms with Crippen LogP contribution in [0.4, 0.5) is 0 Å². The number of esters is 1. The molecule has 0 fully saturated rings. The first kappa shape index (κ1) is 16.8. The van der Waals surface area contributed by atoms with Crippen LogP contribution >= 0.6 is 0 Å². The molecule has 0 amide bonds. The van der Waals surface area contributed by atoms with Crippen LogP contribution in [0.1, 0.15) is 40.2 Å². The minimum absolute atomic E-state index is 0.172. The number of hydrogen-bond acceptors (Lipinski definition) is 3. The molecule has 2 rings (SSSR count). The lowest BCUT2D eigenvalue weighted by atomic mass is 9.98. The van der Waals surface area contributed by atoms with Gasteiger partial charge in [-0.25, -0.2) is 4.79 Å². The van der Waals surface area contributed by atoms with Crippen LogP contribution in [0.15, 0.2) is 29.8 Å². The average Bonchev–Trinajstić information content (AvgIpc) is 2.63. The van der Waals surface area contributed by atoms with Crippen molar-refractivity contribution in [1.82, 2.24) is 0 Å². The molecule has 1 heterocycles. The number of rotatable bonds is 3. The van der Waals surface area contributed by atoms with Crippen molar-refractivity contribution in [2.24, 2.45) is 0 Å². The summed E-state index contributed by atoms with van der Waals surface area (Å²) < 4.78 is 11.5. The molecule has 3 nitrogen and oxygen atoms in total. The summed E-state index contributed by atoms with van der Waals surface area (Å²) in [6, 6.07) is 8.01. The molecule has 0 aliphatic carbocycles. The van der Waals surface area contributed by atoms with Crippen molar-refractivity contribution in [2.75, 3.05) is 0 Å². The van der Waals surface area contributed by atoms with E-state index in [1.54, 1.807) is 0 Å². The molecule has 4 heteroatoms. The molecular formula is C18H26O3Si. The van der Waals surface area contributed by atoms with E-state index in [0.29, 0.717) is 5.57 Å². The molecular weight excluding hydrogens is 292 g/mol. The van der Waals surface area contributed by atoms with Crippen molar-refractivity contribution in [3.63, 3.8) is 0 Å². The van der Waals surface area contributed by atoms with E-state index in [2.05, 4.69) is 33.9 Å². The maximum absolute atomic E-state index is 11.6. The molecule has 0 saturated carbocycles.